The van der Waals surface area contributed by atoms with Crippen molar-refractivity contribution in [2.45, 2.75) is 25.1 Å². The van der Waals surface area contributed by atoms with Gasteiger partial charge in [-0.25, -0.2) is 0 Å². The Hall–Kier alpha value is -2.18. The van der Waals surface area contributed by atoms with Gasteiger partial charge in [-0.05, 0) is 48.7 Å². The van der Waals surface area contributed by atoms with E-state index in [1.807, 2.05) is 72.8 Å². The fourth-order valence-electron chi connectivity index (χ4n) is 4.41. The Kier molecular flexibility index (Phi) is 5.62. The molecule has 3 aromatic carbocycles. The van der Waals surface area contributed by atoms with E-state index in [1.165, 1.54) is 0 Å². The summed E-state index contributed by atoms with van der Waals surface area (Å²) in [4.78, 5) is 15.5. The van der Waals surface area contributed by atoms with E-state index >= 15 is 0 Å². The number of halogens is 2. The van der Waals surface area contributed by atoms with Crippen LogP contribution in [0.25, 0.3) is 0 Å². The summed E-state index contributed by atoms with van der Waals surface area (Å²) in [7, 11) is 0. The Labute approximate surface area is 200 Å². The largest absolute Gasteiger partial charge is 0.396 e. The zero-order valence-electron chi connectivity index (χ0n) is 17.4. The van der Waals surface area contributed by atoms with Crippen molar-refractivity contribution in [2.75, 3.05) is 13.2 Å². The molecule has 1 atom stereocenters. The molecular weight excluding hydrogens is 490 g/mol. The van der Waals surface area contributed by atoms with Crippen LogP contribution in [0.1, 0.15) is 39.9 Å². The highest BCUT2D eigenvalue weighted by Gasteiger charge is 2.54. The highest BCUT2D eigenvalue weighted by Crippen LogP contribution is 2.51. The summed E-state index contributed by atoms with van der Waals surface area (Å²) in [6, 6.07) is 23.1. The molecule has 0 radical (unpaired) electrons. The summed E-state index contributed by atoms with van der Waals surface area (Å²) in [5.41, 5.74) is 1.93. The molecule has 1 fully saturated rings. The number of hydrogen-bond donors (Lipinski definition) is 1. The molecule has 0 aromatic heterocycles. The number of nitrogens with zero attached hydrogens (tertiary/aromatic N) is 1. The Morgan fingerprint density at radius 3 is 2.47 bits per heavy atom. The number of aliphatic hydroxyl groups excluding tert-OH is 1. The number of ether oxygens (including phenoxy) is 1. The number of benzene rings is 3. The Morgan fingerprint density at radius 1 is 1.03 bits per heavy atom. The summed E-state index contributed by atoms with van der Waals surface area (Å²) in [5, 5.41) is 10.5. The molecule has 1 amide bonds. The van der Waals surface area contributed by atoms with Gasteiger partial charge < -0.3 is 9.84 Å². The van der Waals surface area contributed by atoms with Gasteiger partial charge in [-0.1, -0.05) is 70.0 Å². The quantitative estimate of drug-likeness (QED) is 0.439. The first-order valence-electron chi connectivity index (χ1n) is 10.6. The SMILES string of the molecule is O=C1c2ccccc2C(OCC2(CO)CC2)(c2ccc(Cl)cc2)N1Cc1cccc(Br)c1. The third-order valence-electron chi connectivity index (χ3n) is 6.49. The summed E-state index contributed by atoms with van der Waals surface area (Å²) < 4.78 is 7.69. The zero-order valence-corrected chi connectivity index (χ0v) is 19.8. The van der Waals surface area contributed by atoms with E-state index in [1.54, 1.807) is 4.90 Å². The van der Waals surface area contributed by atoms with Crippen molar-refractivity contribution in [2.24, 2.45) is 5.41 Å². The van der Waals surface area contributed by atoms with Crippen LogP contribution in [-0.2, 0) is 17.0 Å². The number of carbonyl (C=O) groups excluding carboxylic acids is 1. The minimum Gasteiger partial charge on any atom is -0.396 e. The van der Waals surface area contributed by atoms with Crippen molar-refractivity contribution in [3.63, 3.8) is 0 Å². The van der Waals surface area contributed by atoms with Gasteiger partial charge in [-0.3, -0.25) is 9.69 Å². The topological polar surface area (TPSA) is 49.8 Å². The average Bonchev–Trinajstić information content (AvgIpc) is 3.55. The molecule has 0 saturated heterocycles. The molecule has 164 valence electrons. The van der Waals surface area contributed by atoms with Crippen LogP contribution in [-0.4, -0.2) is 29.1 Å². The molecule has 6 heteroatoms. The van der Waals surface area contributed by atoms with Crippen LogP contribution >= 0.6 is 27.5 Å². The van der Waals surface area contributed by atoms with Gasteiger partial charge in [0.2, 0.25) is 0 Å². The van der Waals surface area contributed by atoms with Crippen molar-refractivity contribution in [3.05, 3.63) is 105 Å². The van der Waals surface area contributed by atoms with Crippen LogP contribution in [0.3, 0.4) is 0 Å². The smallest absolute Gasteiger partial charge is 0.257 e. The van der Waals surface area contributed by atoms with Crippen molar-refractivity contribution in [3.8, 4) is 0 Å². The van der Waals surface area contributed by atoms with Gasteiger partial charge in [-0.2, -0.15) is 0 Å². The molecule has 5 rings (SSSR count). The lowest BCUT2D eigenvalue weighted by molar-refractivity contribution is -0.128. The van der Waals surface area contributed by atoms with E-state index in [0.717, 1.165) is 34.0 Å². The van der Waals surface area contributed by atoms with Gasteiger partial charge in [0.15, 0.2) is 5.72 Å². The fraction of sp³-hybridized carbons (Fsp3) is 0.269. The van der Waals surface area contributed by atoms with Crippen LogP contribution < -0.4 is 0 Å². The molecule has 3 aromatic rings. The Morgan fingerprint density at radius 2 is 1.78 bits per heavy atom. The first kappa shape index (κ1) is 21.7. The molecule has 1 N–H and O–H groups in total. The molecular formula is C26H23BrClNO3. The maximum atomic E-state index is 13.7. The summed E-state index contributed by atoms with van der Waals surface area (Å²) in [6.45, 7) is 0.815. The first-order chi connectivity index (χ1) is 15.5. The second-order valence-corrected chi connectivity index (χ2v) is 10.0. The number of hydrogen-bond acceptors (Lipinski definition) is 3. The van der Waals surface area contributed by atoms with Crippen LogP contribution in [0.4, 0.5) is 0 Å². The average molecular weight is 513 g/mol. The minimum absolute atomic E-state index is 0.0743. The van der Waals surface area contributed by atoms with Crippen molar-refractivity contribution in [1.82, 2.24) is 4.90 Å². The molecule has 4 nitrogen and oxygen atoms in total. The second kappa shape index (κ2) is 8.31. The van der Waals surface area contributed by atoms with E-state index in [-0.39, 0.29) is 17.9 Å². The number of carbonyl (C=O) groups is 1. The lowest BCUT2D eigenvalue weighted by atomic mass is 9.93. The minimum atomic E-state index is -1.11. The van der Waals surface area contributed by atoms with E-state index in [2.05, 4.69) is 15.9 Å². The van der Waals surface area contributed by atoms with Gasteiger partial charge in [0.05, 0.1) is 13.2 Å². The zero-order chi connectivity index (χ0) is 22.3. The van der Waals surface area contributed by atoms with Crippen LogP contribution in [0.2, 0.25) is 5.02 Å². The monoisotopic (exact) mass is 511 g/mol. The highest BCUT2D eigenvalue weighted by molar-refractivity contribution is 9.10. The van der Waals surface area contributed by atoms with Crippen molar-refractivity contribution in [1.29, 1.82) is 0 Å². The molecule has 1 unspecified atom stereocenters. The number of fused-ring (bicyclic) bond motifs is 1. The van der Waals surface area contributed by atoms with Crippen molar-refractivity contribution < 1.29 is 14.6 Å². The van der Waals surface area contributed by atoms with E-state index < -0.39 is 5.72 Å². The number of aliphatic hydroxyl groups is 1. The van der Waals surface area contributed by atoms with E-state index in [0.29, 0.717) is 23.7 Å². The predicted octanol–water partition coefficient (Wildman–Crippen LogP) is 5.75. The van der Waals surface area contributed by atoms with Crippen LogP contribution in [0.15, 0.2) is 77.3 Å². The molecule has 1 aliphatic heterocycles. The Balaban J connectivity index is 1.67. The van der Waals surface area contributed by atoms with E-state index in [4.69, 9.17) is 16.3 Å². The van der Waals surface area contributed by atoms with Gasteiger partial charge >= 0.3 is 0 Å². The fourth-order valence-corrected chi connectivity index (χ4v) is 4.98. The molecule has 1 aliphatic carbocycles. The molecule has 2 aliphatic rings. The third kappa shape index (κ3) is 3.67. The van der Waals surface area contributed by atoms with Crippen LogP contribution in [0, 0.1) is 5.41 Å². The van der Waals surface area contributed by atoms with Gasteiger partial charge in [0, 0.05) is 38.1 Å². The predicted molar refractivity (Wildman–Crippen MR) is 127 cm³/mol. The second-order valence-electron chi connectivity index (χ2n) is 8.66. The first-order valence-corrected chi connectivity index (χ1v) is 11.8. The van der Waals surface area contributed by atoms with Crippen LogP contribution in [0.5, 0.6) is 0 Å². The van der Waals surface area contributed by atoms with Crippen molar-refractivity contribution >= 4 is 33.4 Å². The maximum Gasteiger partial charge on any atom is 0.257 e. The standard InChI is InChI=1S/C26H23BrClNO3/c27-20-5-3-4-18(14-20)15-29-24(31)22-6-1-2-7-23(22)26(29,19-8-10-21(28)11-9-19)32-17-25(16-30)12-13-25/h1-11,14,30H,12-13,15-17H2. The summed E-state index contributed by atoms with van der Waals surface area (Å²) in [5.74, 6) is -0.0793. The summed E-state index contributed by atoms with van der Waals surface area (Å²) in [6.07, 6.45) is 1.84. The summed E-state index contributed by atoms with van der Waals surface area (Å²) >= 11 is 9.73. The Bertz CT molecular complexity index is 1160. The van der Waals surface area contributed by atoms with Gasteiger partial charge in [-0.15, -0.1) is 0 Å². The number of rotatable bonds is 7. The number of amides is 1. The maximum absolute atomic E-state index is 13.7. The molecule has 0 spiro atoms. The molecule has 0 bridgehead atoms. The van der Waals surface area contributed by atoms with Gasteiger partial charge in [0.1, 0.15) is 0 Å². The molecule has 1 saturated carbocycles. The highest BCUT2D eigenvalue weighted by atomic mass is 79.9. The molecule has 32 heavy (non-hydrogen) atoms. The van der Waals surface area contributed by atoms with E-state index in [9.17, 15) is 9.90 Å². The normalized spacial score (nSPS) is 21.0. The van der Waals surface area contributed by atoms with Gasteiger partial charge in [0.25, 0.3) is 5.91 Å². The lowest BCUT2D eigenvalue weighted by Gasteiger charge is -2.40. The molecule has 1 heterocycles. The lowest BCUT2D eigenvalue weighted by Crippen LogP contribution is -2.47. The third-order valence-corrected chi connectivity index (χ3v) is 7.24.